The quantitative estimate of drug-likeness (QED) is 0.495. The summed E-state index contributed by atoms with van der Waals surface area (Å²) in [6, 6.07) is 0. The molecule has 1 aliphatic heterocycles. The van der Waals surface area contributed by atoms with E-state index in [4.69, 9.17) is 4.74 Å². The third-order valence-corrected chi connectivity index (χ3v) is 3.50. The second-order valence-corrected chi connectivity index (χ2v) is 4.31. The molecule has 0 radical (unpaired) electrons. The first-order chi connectivity index (χ1) is 5.43. The molecule has 0 spiro atoms. The first kappa shape index (κ1) is 9.23. The Bertz CT molecular complexity index is 154. The number of ether oxygens (including phenoxy) is 1. The van der Waals surface area contributed by atoms with Gasteiger partial charge < -0.3 is 4.74 Å². The van der Waals surface area contributed by atoms with Crippen LogP contribution in [-0.2, 0) is 4.74 Å². The average molecular weight is 188 g/mol. The van der Waals surface area contributed by atoms with E-state index in [0.717, 1.165) is 6.61 Å². The van der Waals surface area contributed by atoms with E-state index >= 15 is 0 Å². The van der Waals surface area contributed by atoms with Gasteiger partial charge in [0, 0.05) is 16.4 Å². The monoisotopic (exact) mass is 188 g/mol. The molecule has 1 nitrogen and oxygen atoms in total. The fraction of sp³-hybridized carbons (Fsp3) is 0.500. The molecule has 0 saturated heterocycles. The predicted octanol–water partition coefficient (Wildman–Crippen LogP) is 2.51. The molecule has 0 unspecified atom stereocenters. The third kappa shape index (κ3) is 3.89. The Kier molecular flexibility index (Phi) is 4.82. The normalized spacial score (nSPS) is 17.6. The fourth-order valence-electron chi connectivity index (χ4n) is 0.725. The van der Waals surface area contributed by atoms with Crippen molar-refractivity contribution in [3.8, 4) is 0 Å². The van der Waals surface area contributed by atoms with E-state index in [1.54, 1.807) is 6.08 Å². The van der Waals surface area contributed by atoms with Crippen LogP contribution in [0.3, 0.4) is 0 Å². The summed E-state index contributed by atoms with van der Waals surface area (Å²) in [5.41, 5.74) is 0. The smallest absolute Gasteiger partial charge is 0.0784 e. The Labute approximate surface area is 76.3 Å². The van der Waals surface area contributed by atoms with Gasteiger partial charge in [0.1, 0.15) is 0 Å². The van der Waals surface area contributed by atoms with Gasteiger partial charge in [-0.15, -0.1) is 30.1 Å². The van der Waals surface area contributed by atoms with E-state index in [1.807, 2.05) is 23.5 Å². The van der Waals surface area contributed by atoms with Gasteiger partial charge in [-0.3, -0.25) is 0 Å². The molecule has 0 atom stereocenters. The Hall–Kier alpha value is 0.140. The summed E-state index contributed by atoms with van der Waals surface area (Å²) in [7, 11) is 0. The number of hydrogen-bond acceptors (Lipinski definition) is 3. The predicted molar refractivity (Wildman–Crippen MR) is 54.0 cm³/mol. The zero-order valence-electron chi connectivity index (χ0n) is 6.41. The van der Waals surface area contributed by atoms with Crippen molar-refractivity contribution in [2.45, 2.75) is 0 Å². The summed E-state index contributed by atoms with van der Waals surface area (Å²) in [6.07, 6.45) is 1.78. The Balaban J connectivity index is 2.14. The molecule has 62 valence electrons. The van der Waals surface area contributed by atoms with Gasteiger partial charge in [-0.05, 0) is 5.41 Å². The lowest BCUT2D eigenvalue weighted by Crippen LogP contribution is -1.99. The van der Waals surface area contributed by atoms with E-state index < -0.39 is 0 Å². The third-order valence-electron chi connectivity index (χ3n) is 1.18. The standard InChI is InChI=1S/C8H12OS2/c1-2-3-9-6-8-7-10-4-5-11-8/h2,7H,1,3-6H2. The number of thioether (sulfide) groups is 2. The Morgan fingerprint density at radius 3 is 3.18 bits per heavy atom. The minimum absolute atomic E-state index is 0.655. The topological polar surface area (TPSA) is 9.23 Å². The summed E-state index contributed by atoms with van der Waals surface area (Å²) in [5.74, 6) is 2.45. The van der Waals surface area contributed by atoms with Gasteiger partial charge in [-0.1, -0.05) is 6.08 Å². The highest BCUT2D eigenvalue weighted by Gasteiger charge is 2.03. The van der Waals surface area contributed by atoms with Crippen molar-refractivity contribution in [2.24, 2.45) is 0 Å². The van der Waals surface area contributed by atoms with Gasteiger partial charge in [0.05, 0.1) is 13.2 Å². The minimum Gasteiger partial charge on any atom is -0.372 e. The first-order valence-corrected chi connectivity index (χ1v) is 5.59. The number of rotatable bonds is 4. The minimum atomic E-state index is 0.655. The van der Waals surface area contributed by atoms with E-state index in [0.29, 0.717) is 6.61 Å². The van der Waals surface area contributed by atoms with Gasteiger partial charge in [-0.25, -0.2) is 0 Å². The molecule has 0 saturated carbocycles. The largest absolute Gasteiger partial charge is 0.372 e. The molecule has 0 bridgehead atoms. The van der Waals surface area contributed by atoms with Gasteiger partial charge in [0.15, 0.2) is 0 Å². The Morgan fingerprint density at radius 2 is 2.55 bits per heavy atom. The van der Waals surface area contributed by atoms with Crippen LogP contribution in [0.5, 0.6) is 0 Å². The van der Waals surface area contributed by atoms with Crippen LogP contribution in [0.2, 0.25) is 0 Å². The maximum atomic E-state index is 5.30. The molecule has 3 heteroatoms. The van der Waals surface area contributed by atoms with Crippen LogP contribution in [0.25, 0.3) is 0 Å². The molecule has 11 heavy (non-hydrogen) atoms. The Morgan fingerprint density at radius 1 is 1.64 bits per heavy atom. The lowest BCUT2D eigenvalue weighted by molar-refractivity contribution is 0.192. The molecule has 0 aromatic rings. The molecule has 0 N–H and O–H groups in total. The van der Waals surface area contributed by atoms with Crippen LogP contribution in [0.1, 0.15) is 0 Å². The molecule has 0 fully saturated rings. The summed E-state index contributed by atoms with van der Waals surface area (Å²) in [5, 5.41) is 2.19. The highest BCUT2D eigenvalue weighted by Crippen LogP contribution is 2.26. The van der Waals surface area contributed by atoms with Crippen LogP contribution in [-0.4, -0.2) is 24.7 Å². The van der Waals surface area contributed by atoms with Crippen molar-refractivity contribution in [1.82, 2.24) is 0 Å². The molecular formula is C8H12OS2. The van der Waals surface area contributed by atoms with E-state index in [-0.39, 0.29) is 0 Å². The maximum Gasteiger partial charge on any atom is 0.0784 e. The van der Waals surface area contributed by atoms with Crippen LogP contribution >= 0.6 is 23.5 Å². The summed E-state index contributed by atoms with van der Waals surface area (Å²) < 4.78 is 5.30. The van der Waals surface area contributed by atoms with E-state index in [9.17, 15) is 0 Å². The van der Waals surface area contributed by atoms with Crippen LogP contribution in [0.4, 0.5) is 0 Å². The van der Waals surface area contributed by atoms with Crippen molar-refractivity contribution in [3.63, 3.8) is 0 Å². The SMILES string of the molecule is C=CCOCC1=CSCCS1. The molecule has 1 aliphatic rings. The van der Waals surface area contributed by atoms with Crippen molar-refractivity contribution in [1.29, 1.82) is 0 Å². The molecule has 0 aromatic carbocycles. The van der Waals surface area contributed by atoms with Crippen molar-refractivity contribution >= 4 is 23.5 Å². The fourth-order valence-corrected chi connectivity index (χ4v) is 2.72. The average Bonchev–Trinajstić information content (AvgIpc) is 2.07. The van der Waals surface area contributed by atoms with E-state index in [1.165, 1.54) is 16.4 Å². The highest BCUT2D eigenvalue weighted by atomic mass is 32.2. The number of hydrogen-bond donors (Lipinski definition) is 0. The molecule has 1 rings (SSSR count). The zero-order valence-corrected chi connectivity index (χ0v) is 8.05. The molecular weight excluding hydrogens is 176 g/mol. The van der Waals surface area contributed by atoms with Gasteiger partial charge >= 0.3 is 0 Å². The van der Waals surface area contributed by atoms with E-state index in [2.05, 4.69) is 12.0 Å². The summed E-state index contributed by atoms with van der Waals surface area (Å²) in [4.78, 5) is 1.35. The highest BCUT2D eigenvalue weighted by molar-refractivity contribution is 8.09. The molecule has 0 aromatic heterocycles. The second kappa shape index (κ2) is 5.75. The van der Waals surface area contributed by atoms with Crippen LogP contribution in [0, 0.1) is 0 Å². The summed E-state index contributed by atoms with van der Waals surface area (Å²) in [6.45, 7) is 5.00. The maximum absolute atomic E-state index is 5.30. The molecule has 0 amide bonds. The summed E-state index contributed by atoms with van der Waals surface area (Å²) >= 11 is 3.77. The molecule has 1 heterocycles. The van der Waals surface area contributed by atoms with Gasteiger partial charge in [-0.2, -0.15) is 0 Å². The second-order valence-electron chi connectivity index (χ2n) is 2.11. The molecule has 0 aliphatic carbocycles. The lowest BCUT2D eigenvalue weighted by Gasteiger charge is -2.10. The van der Waals surface area contributed by atoms with Crippen molar-refractivity contribution in [2.75, 3.05) is 24.7 Å². The van der Waals surface area contributed by atoms with Crippen molar-refractivity contribution < 1.29 is 4.74 Å². The van der Waals surface area contributed by atoms with Gasteiger partial charge in [0.2, 0.25) is 0 Å². The van der Waals surface area contributed by atoms with Gasteiger partial charge in [0.25, 0.3) is 0 Å². The van der Waals surface area contributed by atoms with Crippen molar-refractivity contribution in [3.05, 3.63) is 23.0 Å². The van der Waals surface area contributed by atoms with Crippen LogP contribution < -0.4 is 0 Å². The lowest BCUT2D eigenvalue weighted by atomic mass is 10.6. The first-order valence-electron chi connectivity index (χ1n) is 3.55. The zero-order chi connectivity index (χ0) is 7.94. The van der Waals surface area contributed by atoms with Crippen LogP contribution in [0.15, 0.2) is 23.0 Å².